The summed E-state index contributed by atoms with van der Waals surface area (Å²) in [6.45, 7) is 13.4. The molecule has 1 saturated heterocycles. The summed E-state index contributed by atoms with van der Waals surface area (Å²) in [6, 6.07) is 0.766. The molecule has 0 aromatic rings. The molecule has 1 atom stereocenters. The molecule has 0 bridgehead atoms. The van der Waals surface area contributed by atoms with Crippen molar-refractivity contribution in [3.8, 4) is 0 Å². The van der Waals surface area contributed by atoms with Gasteiger partial charge < -0.3 is 10.2 Å². The zero-order chi connectivity index (χ0) is 12.8. The van der Waals surface area contributed by atoms with E-state index < -0.39 is 0 Å². The van der Waals surface area contributed by atoms with Gasteiger partial charge in [0.25, 0.3) is 0 Å². The molecule has 1 unspecified atom stereocenters. The molecule has 1 aliphatic heterocycles. The summed E-state index contributed by atoms with van der Waals surface area (Å²) in [6.07, 6.45) is 5.46. The predicted molar refractivity (Wildman–Crippen MR) is 78.0 cm³/mol. The van der Waals surface area contributed by atoms with Crippen molar-refractivity contribution >= 4 is 0 Å². The van der Waals surface area contributed by atoms with Crippen LogP contribution >= 0.6 is 0 Å². The molecule has 1 aliphatic carbocycles. The molecule has 0 aromatic heterocycles. The van der Waals surface area contributed by atoms with E-state index in [9.17, 15) is 0 Å². The Bertz CT molecular complexity index is 220. The van der Waals surface area contributed by atoms with Gasteiger partial charge in [-0.2, -0.15) is 0 Å². The maximum absolute atomic E-state index is 3.76. The third-order valence-corrected chi connectivity index (χ3v) is 4.31. The molecule has 0 aromatic carbocycles. The van der Waals surface area contributed by atoms with Gasteiger partial charge in [0, 0.05) is 38.8 Å². The first-order valence-electron chi connectivity index (χ1n) is 8.01. The molecule has 3 nitrogen and oxygen atoms in total. The second-order valence-corrected chi connectivity index (χ2v) is 6.04. The lowest BCUT2D eigenvalue weighted by molar-refractivity contribution is 0.120. The molecule has 0 spiro atoms. The Kier molecular flexibility index (Phi) is 5.93. The van der Waals surface area contributed by atoms with Crippen LogP contribution in [0.25, 0.3) is 0 Å². The minimum Gasteiger partial charge on any atom is -0.312 e. The van der Waals surface area contributed by atoms with E-state index in [0.29, 0.717) is 0 Å². The average molecular weight is 253 g/mol. The Hall–Kier alpha value is -0.120. The van der Waals surface area contributed by atoms with Crippen LogP contribution in [0, 0.1) is 5.92 Å². The van der Waals surface area contributed by atoms with Gasteiger partial charge in [-0.05, 0) is 44.7 Å². The second-order valence-electron chi connectivity index (χ2n) is 6.04. The maximum atomic E-state index is 3.76. The highest BCUT2D eigenvalue weighted by atomic mass is 15.3. The van der Waals surface area contributed by atoms with Crippen molar-refractivity contribution < 1.29 is 0 Å². The first-order chi connectivity index (χ1) is 8.83. The number of rotatable bonds is 8. The summed E-state index contributed by atoms with van der Waals surface area (Å²) >= 11 is 0. The first kappa shape index (κ1) is 14.3. The predicted octanol–water partition coefficient (Wildman–Crippen LogP) is 1.79. The van der Waals surface area contributed by atoms with Gasteiger partial charge in [0.15, 0.2) is 0 Å². The van der Waals surface area contributed by atoms with Crippen LogP contribution in [0.2, 0.25) is 0 Å². The summed E-state index contributed by atoms with van der Waals surface area (Å²) in [5.41, 5.74) is 0. The standard InChI is InChI=1S/C15H31N3/c1-3-7-16-15(14-5-6-14)13-18-11-9-17(8-4-2)10-12-18/h14-16H,3-13H2,1-2H3. The highest BCUT2D eigenvalue weighted by molar-refractivity contribution is 4.89. The molecule has 1 N–H and O–H groups in total. The van der Waals surface area contributed by atoms with E-state index in [0.717, 1.165) is 12.0 Å². The van der Waals surface area contributed by atoms with Crippen LogP contribution in [-0.2, 0) is 0 Å². The highest BCUT2D eigenvalue weighted by Gasteiger charge is 2.32. The first-order valence-corrected chi connectivity index (χ1v) is 8.01. The number of nitrogens with one attached hydrogen (secondary N) is 1. The van der Waals surface area contributed by atoms with Gasteiger partial charge >= 0.3 is 0 Å². The fraction of sp³-hybridized carbons (Fsp3) is 1.00. The van der Waals surface area contributed by atoms with Crippen LogP contribution in [-0.4, -0.2) is 61.7 Å². The van der Waals surface area contributed by atoms with Gasteiger partial charge in [-0.25, -0.2) is 0 Å². The topological polar surface area (TPSA) is 18.5 Å². The summed E-state index contributed by atoms with van der Waals surface area (Å²) in [5.74, 6) is 0.977. The molecule has 2 aliphatic rings. The molecule has 1 saturated carbocycles. The van der Waals surface area contributed by atoms with Crippen molar-refractivity contribution in [2.75, 3.05) is 45.8 Å². The molecule has 2 fully saturated rings. The lowest BCUT2D eigenvalue weighted by Gasteiger charge is -2.36. The van der Waals surface area contributed by atoms with Gasteiger partial charge in [0.1, 0.15) is 0 Å². The maximum Gasteiger partial charge on any atom is 0.0223 e. The van der Waals surface area contributed by atoms with E-state index in [1.807, 2.05) is 0 Å². The van der Waals surface area contributed by atoms with Gasteiger partial charge in [0.05, 0.1) is 0 Å². The third-order valence-electron chi connectivity index (χ3n) is 4.31. The van der Waals surface area contributed by atoms with E-state index >= 15 is 0 Å². The van der Waals surface area contributed by atoms with Crippen LogP contribution in [0.15, 0.2) is 0 Å². The van der Waals surface area contributed by atoms with Crippen molar-refractivity contribution in [2.24, 2.45) is 5.92 Å². The minimum absolute atomic E-state index is 0.766. The molecule has 106 valence electrons. The summed E-state index contributed by atoms with van der Waals surface area (Å²) in [5, 5.41) is 3.76. The lowest BCUT2D eigenvalue weighted by Crippen LogP contribution is -2.51. The van der Waals surface area contributed by atoms with Gasteiger partial charge in [-0.3, -0.25) is 4.90 Å². The van der Waals surface area contributed by atoms with Crippen LogP contribution in [0.1, 0.15) is 39.5 Å². The van der Waals surface area contributed by atoms with Crippen molar-refractivity contribution in [1.29, 1.82) is 0 Å². The van der Waals surface area contributed by atoms with Gasteiger partial charge in [-0.1, -0.05) is 13.8 Å². The van der Waals surface area contributed by atoms with Gasteiger partial charge in [-0.15, -0.1) is 0 Å². The van der Waals surface area contributed by atoms with Crippen molar-refractivity contribution in [2.45, 2.75) is 45.6 Å². The van der Waals surface area contributed by atoms with Crippen LogP contribution in [0.5, 0.6) is 0 Å². The Balaban J connectivity index is 1.68. The van der Waals surface area contributed by atoms with Gasteiger partial charge in [0.2, 0.25) is 0 Å². The fourth-order valence-electron chi connectivity index (χ4n) is 3.00. The quantitative estimate of drug-likeness (QED) is 0.711. The highest BCUT2D eigenvalue weighted by Crippen LogP contribution is 2.33. The largest absolute Gasteiger partial charge is 0.312 e. The zero-order valence-electron chi connectivity index (χ0n) is 12.3. The van der Waals surface area contributed by atoms with E-state index in [1.165, 1.54) is 71.5 Å². The molecular formula is C15H31N3. The number of hydrogen-bond donors (Lipinski definition) is 1. The van der Waals surface area contributed by atoms with E-state index in [4.69, 9.17) is 0 Å². The van der Waals surface area contributed by atoms with Crippen LogP contribution < -0.4 is 5.32 Å². The van der Waals surface area contributed by atoms with Crippen molar-refractivity contribution in [3.05, 3.63) is 0 Å². The Morgan fingerprint density at radius 3 is 2.22 bits per heavy atom. The molecule has 18 heavy (non-hydrogen) atoms. The molecule has 0 radical (unpaired) electrons. The molecule has 3 heteroatoms. The van der Waals surface area contributed by atoms with E-state index in [2.05, 4.69) is 29.0 Å². The smallest absolute Gasteiger partial charge is 0.0223 e. The summed E-state index contributed by atoms with van der Waals surface area (Å²) in [4.78, 5) is 5.29. The molecule has 2 rings (SSSR count). The summed E-state index contributed by atoms with van der Waals surface area (Å²) < 4.78 is 0. The van der Waals surface area contributed by atoms with Crippen molar-refractivity contribution in [1.82, 2.24) is 15.1 Å². The number of nitrogens with zero attached hydrogens (tertiary/aromatic N) is 2. The Morgan fingerprint density at radius 2 is 1.67 bits per heavy atom. The van der Waals surface area contributed by atoms with Crippen LogP contribution in [0.3, 0.4) is 0 Å². The third kappa shape index (κ3) is 4.52. The normalized spacial score (nSPS) is 24.3. The Morgan fingerprint density at radius 1 is 1.00 bits per heavy atom. The summed E-state index contributed by atoms with van der Waals surface area (Å²) in [7, 11) is 0. The van der Waals surface area contributed by atoms with Crippen molar-refractivity contribution in [3.63, 3.8) is 0 Å². The molecule has 0 amide bonds. The van der Waals surface area contributed by atoms with E-state index in [1.54, 1.807) is 0 Å². The zero-order valence-corrected chi connectivity index (χ0v) is 12.3. The van der Waals surface area contributed by atoms with Crippen LogP contribution in [0.4, 0.5) is 0 Å². The van der Waals surface area contributed by atoms with E-state index in [-0.39, 0.29) is 0 Å². The SMILES string of the molecule is CCCNC(CN1CCN(CCC)CC1)C1CC1. The molecule has 1 heterocycles. The molecular weight excluding hydrogens is 222 g/mol. The lowest BCUT2D eigenvalue weighted by atomic mass is 10.1. The fourth-order valence-corrected chi connectivity index (χ4v) is 3.00. The second kappa shape index (κ2) is 7.46. The number of hydrogen-bond acceptors (Lipinski definition) is 3. The number of piperazine rings is 1. The Labute approximate surface area is 113 Å². The average Bonchev–Trinajstić information content (AvgIpc) is 3.21. The minimum atomic E-state index is 0.766. The monoisotopic (exact) mass is 253 g/mol.